The Morgan fingerprint density at radius 1 is 1.40 bits per heavy atom. The number of ether oxygens (including phenoxy) is 1. The Morgan fingerprint density at radius 2 is 2.07 bits per heavy atom. The topological polar surface area (TPSA) is 26.3 Å². The average Bonchev–Trinajstić information content (AvgIpc) is 2.37. The maximum absolute atomic E-state index is 11.3. The quantitative estimate of drug-likeness (QED) is 0.657. The Hall–Kier alpha value is -1.31. The Morgan fingerprint density at radius 3 is 2.67 bits per heavy atom. The summed E-state index contributed by atoms with van der Waals surface area (Å²) in [6.45, 7) is 7.87. The van der Waals surface area contributed by atoms with Crippen LogP contribution in [-0.2, 0) is 0 Å². The van der Waals surface area contributed by atoms with E-state index in [1.807, 2.05) is 18.2 Å². The van der Waals surface area contributed by atoms with Gasteiger partial charge in [-0.15, -0.1) is 0 Å². The fraction of sp³-hybridized carbons (Fsp3) is 0.462. The number of benzene rings is 1. The molecule has 0 aromatic heterocycles. The molecule has 0 saturated carbocycles. The molecule has 0 N–H and O–H groups in total. The molecule has 0 saturated heterocycles. The van der Waals surface area contributed by atoms with E-state index in [2.05, 4.69) is 20.8 Å². The Bertz CT molecular complexity index is 419. The average molecular weight is 204 g/mol. The van der Waals surface area contributed by atoms with E-state index in [9.17, 15) is 4.79 Å². The zero-order valence-electron chi connectivity index (χ0n) is 9.63. The number of carbonyl (C=O) groups is 1. The van der Waals surface area contributed by atoms with Crippen LogP contribution < -0.4 is 4.74 Å². The van der Waals surface area contributed by atoms with Crippen LogP contribution in [-0.4, -0.2) is 11.4 Å². The Balaban J connectivity index is 2.49. The Labute approximate surface area is 90.3 Å². The summed E-state index contributed by atoms with van der Waals surface area (Å²) in [5, 5.41) is 0. The van der Waals surface area contributed by atoms with Crippen LogP contribution in [0.1, 0.15) is 49.5 Å². The molecule has 15 heavy (non-hydrogen) atoms. The van der Waals surface area contributed by atoms with Gasteiger partial charge in [-0.3, -0.25) is 4.79 Å². The highest BCUT2D eigenvalue weighted by atomic mass is 16.5. The fourth-order valence-corrected chi connectivity index (χ4v) is 1.95. The van der Waals surface area contributed by atoms with Gasteiger partial charge in [0.2, 0.25) is 0 Å². The molecule has 2 nitrogen and oxygen atoms in total. The van der Waals surface area contributed by atoms with Crippen LogP contribution in [0.4, 0.5) is 0 Å². The molecular formula is C13H16O2. The van der Waals surface area contributed by atoms with Gasteiger partial charge in [0.25, 0.3) is 0 Å². The predicted molar refractivity (Wildman–Crippen MR) is 59.6 cm³/mol. The molecule has 1 aromatic rings. The van der Waals surface area contributed by atoms with E-state index >= 15 is 0 Å². The van der Waals surface area contributed by atoms with E-state index < -0.39 is 0 Å². The first-order valence-electron chi connectivity index (χ1n) is 5.26. The van der Waals surface area contributed by atoms with Gasteiger partial charge in [0, 0.05) is 17.0 Å². The first-order valence-corrected chi connectivity index (χ1v) is 5.26. The lowest BCUT2D eigenvalue weighted by molar-refractivity contribution is 0.101. The lowest BCUT2D eigenvalue weighted by Crippen LogP contribution is -2.28. The highest BCUT2D eigenvalue weighted by molar-refractivity contribution is 5.94. The first-order chi connectivity index (χ1) is 6.92. The summed E-state index contributed by atoms with van der Waals surface area (Å²) >= 11 is 0. The molecule has 1 atom stereocenters. The van der Waals surface area contributed by atoms with E-state index in [4.69, 9.17) is 4.74 Å². The van der Waals surface area contributed by atoms with Crippen LogP contribution in [0.3, 0.4) is 0 Å². The van der Waals surface area contributed by atoms with Gasteiger partial charge in [0.1, 0.15) is 11.4 Å². The van der Waals surface area contributed by atoms with Gasteiger partial charge in [-0.2, -0.15) is 0 Å². The highest BCUT2D eigenvalue weighted by Gasteiger charge is 2.37. The highest BCUT2D eigenvalue weighted by Crippen LogP contribution is 2.44. The molecular weight excluding hydrogens is 188 g/mol. The fourth-order valence-electron chi connectivity index (χ4n) is 1.95. The molecule has 1 aromatic carbocycles. The van der Waals surface area contributed by atoms with Crippen LogP contribution in [0.15, 0.2) is 18.2 Å². The summed E-state index contributed by atoms with van der Waals surface area (Å²) in [6, 6.07) is 5.68. The van der Waals surface area contributed by atoms with Crippen LogP contribution in [0.5, 0.6) is 5.75 Å². The third-order valence-electron chi connectivity index (χ3n) is 3.30. The first kappa shape index (κ1) is 10.2. The molecule has 0 spiro atoms. The minimum atomic E-state index is -0.169. The monoisotopic (exact) mass is 204 g/mol. The lowest BCUT2D eigenvalue weighted by Gasteiger charge is -2.22. The van der Waals surface area contributed by atoms with Crippen LogP contribution in [0.2, 0.25) is 0 Å². The summed E-state index contributed by atoms with van der Waals surface area (Å²) in [6.07, 6.45) is 0. The van der Waals surface area contributed by atoms with Crippen molar-refractivity contribution in [1.82, 2.24) is 0 Å². The molecule has 1 heterocycles. The molecule has 0 aliphatic carbocycles. The molecule has 1 aliphatic heterocycles. The van der Waals surface area contributed by atoms with Crippen LogP contribution in [0.25, 0.3) is 0 Å². The van der Waals surface area contributed by atoms with Crippen LogP contribution >= 0.6 is 0 Å². The van der Waals surface area contributed by atoms with Crippen molar-refractivity contribution in [3.8, 4) is 5.75 Å². The number of rotatable bonds is 1. The molecule has 1 aliphatic rings. The van der Waals surface area contributed by atoms with Crippen molar-refractivity contribution in [2.75, 3.05) is 0 Å². The summed E-state index contributed by atoms with van der Waals surface area (Å²) in [4.78, 5) is 11.3. The lowest BCUT2D eigenvalue weighted by atomic mass is 9.88. The van der Waals surface area contributed by atoms with Crippen molar-refractivity contribution >= 4 is 5.78 Å². The van der Waals surface area contributed by atoms with E-state index in [0.717, 1.165) is 16.9 Å². The van der Waals surface area contributed by atoms with Gasteiger partial charge in [-0.1, -0.05) is 6.92 Å². The molecule has 0 radical (unpaired) electrons. The summed E-state index contributed by atoms with van der Waals surface area (Å²) in [5.41, 5.74) is 1.74. The van der Waals surface area contributed by atoms with Crippen molar-refractivity contribution in [3.63, 3.8) is 0 Å². The third kappa shape index (κ3) is 1.54. The number of fused-ring (bicyclic) bond motifs is 1. The summed E-state index contributed by atoms with van der Waals surface area (Å²) in [7, 11) is 0. The van der Waals surface area contributed by atoms with Gasteiger partial charge in [-0.05, 0) is 39.0 Å². The van der Waals surface area contributed by atoms with Crippen LogP contribution in [0, 0.1) is 0 Å². The molecule has 0 bridgehead atoms. The molecule has 2 heteroatoms. The van der Waals surface area contributed by atoms with E-state index in [-0.39, 0.29) is 11.4 Å². The zero-order chi connectivity index (χ0) is 11.2. The van der Waals surface area contributed by atoms with E-state index in [1.165, 1.54) is 0 Å². The van der Waals surface area contributed by atoms with Crippen molar-refractivity contribution in [1.29, 1.82) is 0 Å². The van der Waals surface area contributed by atoms with Gasteiger partial charge >= 0.3 is 0 Å². The van der Waals surface area contributed by atoms with Crippen molar-refractivity contribution in [2.24, 2.45) is 0 Å². The molecule has 2 rings (SSSR count). The summed E-state index contributed by atoms with van der Waals surface area (Å²) in [5.74, 6) is 1.35. The van der Waals surface area contributed by atoms with Crippen molar-refractivity contribution in [3.05, 3.63) is 29.3 Å². The molecule has 1 unspecified atom stereocenters. The zero-order valence-corrected chi connectivity index (χ0v) is 9.63. The van der Waals surface area contributed by atoms with E-state index in [0.29, 0.717) is 5.92 Å². The minimum Gasteiger partial charge on any atom is -0.487 e. The number of ketones is 1. The standard InChI is InChI=1S/C13H16O2/c1-8-11-7-10(9(2)14)5-6-12(11)15-13(8,3)4/h5-8H,1-4H3. The molecule has 0 amide bonds. The molecule has 0 fully saturated rings. The minimum absolute atomic E-state index is 0.106. The second-order valence-electron chi connectivity index (χ2n) is 4.74. The van der Waals surface area contributed by atoms with Gasteiger partial charge < -0.3 is 4.74 Å². The number of Topliss-reactive ketones (excluding diaryl/α,β-unsaturated/α-hetero) is 1. The normalized spacial score (nSPS) is 22.0. The predicted octanol–water partition coefficient (Wildman–Crippen LogP) is 3.16. The third-order valence-corrected chi connectivity index (χ3v) is 3.30. The van der Waals surface area contributed by atoms with Crippen molar-refractivity contribution in [2.45, 2.75) is 39.2 Å². The Kier molecular flexibility index (Phi) is 2.10. The second-order valence-corrected chi connectivity index (χ2v) is 4.74. The largest absolute Gasteiger partial charge is 0.487 e. The van der Waals surface area contributed by atoms with Crippen molar-refractivity contribution < 1.29 is 9.53 Å². The van der Waals surface area contributed by atoms with Gasteiger partial charge in [0.15, 0.2) is 5.78 Å². The summed E-state index contributed by atoms with van der Waals surface area (Å²) < 4.78 is 5.83. The maximum Gasteiger partial charge on any atom is 0.159 e. The SMILES string of the molecule is CC(=O)c1ccc2c(c1)C(C)C(C)(C)O2. The smallest absolute Gasteiger partial charge is 0.159 e. The molecule has 80 valence electrons. The second kappa shape index (κ2) is 3.09. The number of hydrogen-bond donors (Lipinski definition) is 0. The maximum atomic E-state index is 11.3. The van der Waals surface area contributed by atoms with Gasteiger partial charge in [-0.25, -0.2) is 0 Å². The number of carbonyl (C=O) groups excluding carboxylic acids is 1. The van der Waals surface area contributed by atoms with Gasteiger partial charge in [0.05, 0.1) is 0 Å². The van der Waals surface area contributed by atoms with E-state index in [1.54, 1.807) is 6.92 Å². The number of hydrogen-bond acceptors (Lipinski definition) is 2.